The maximum atomic E-state index is 10.8. The molecule has 0 atom stereocenters. The predicted molar refractivity (Wildman–Crippen MR) is 42.2 cm³/mol. The number of rotatable bonds is 3. The summed E-state index contributed by atoms with van der Waals surface area (Å²) in [7, 11) is 0. The highest BCUT2D eigenvalue weighted by molar-refractivity contribution is 5.72. The molecule has 0 fully saturated rings. The van der Waals surface area contributed by atoms with Crippen molar-refractivity contribution in [3.8, 4) is 5.75 Å². The van der Waals surface area contributed by atoms with Crippen molar-refractivity contribution < 1.29 is 14.6 Å². The molecule has 3 heteroatoms. The van der Waals surface area contributed by atoms with Gasteiger partial charge in [0.2, 0.25) is 0 Å². The summed E-state index contributed by atoms with van der Waals surface area (Å²) in [4.78, 5) is 10.8. The Balaban J connectivity index is 2.47. The van der Waals surface area contributed by atoms with Crippen molar-refractivity contribution in [1.29, 1.82) is 0 Å². The SMILES string of the molecule is [O]CCC(=O)Oc1ccccc1. The fourth-order valence-electron chi connectivity index (χ4n) is 0.754. The molecule has 1 rings (SSSR count). The second-order valence-corrected chi connectivity index (χ2v) is 2.24. The summed E-state index contributed by atoms with van der Waals surface area (Å²) in [5.41, 5.74) is 0. The Morgan fingerprint density at radius 2 is 1.92 bits per heavy atom. The summed E-state index contributed by atoms with van der Waals surface area (Å²) in [5.74, 6) is 0.00662. The van der Waals surface area contributed by atoms with E-state index in [1.807, 2.05) is 6.07 Å². The van der Waals surface area contributed by atoms with Crippen LogP contribution in [-0.4, -0.2) is 12.6 Å². The molecular weight excluding hydrogens is 156 g/mol. The number of carbonyl (C=O) groups excluding carboxylic acids is 1. The van der Waals surface area contributed by atoms with Crippen molar-refractivity contribution in [1.82, 2.24) is 0 Å². The largest absolute Gasteiger partial charge is 0.426 e. The Hall–Kier alpha value is -1.35. The van der Waals surface area contributed by atoms with E-state index in [9.17, 15) is 9.90 Å². The van der Waals surface area contributed by atoms with Crippen LogP contribution < -0.4 is 4.74 Å². The number of carbonyl (C=O) groups is 1. The van der Waals surface area contributed by atoms with Gasteiger partial charge in [-0.2, -0.15) is 0 Å². The van der Waals surface area contributed by atoms with Gasteiger partial charge in [-0.15, -0.1) is 0 Å². The zero-order valence-electron chi connectivity index (χ0n) is 6.53. The zero-order valence-corrected chi connectivity index (χ0v) is 6.53. The van der Waals surface area contributed by atoms with E-state index in [1.54, 1.807) is 24.3 Å². The molecule has 0 unspecified atom stereocenters. The molecular formula is C9H9O3. The first-order valence-corrected chi connectivity index (χ1v) is 3.67. The van der Waals surface area contributed by atoms with Gasteiger partial charge in [-0.25, -0.2) is 5.11 Å². The molecule has 12 heavy (non-hydrogen) atoms. The highest BCUT2D eigenvalue weighted by Crippen LogP contribution is 2.08. The topological polar surface area (TPSA) is 46.2 Å². The molecule has 0 aliphatic heterocycles. The molecule has 0 aliphatic rings. The quantitative estimate of drug-likeness (QED) is 0.502. The number of para-hydroxylation sites is 1. The van der Waals surface area contributed by atoms with E-state index in [-0.39, 0.29) is 6.42 Å². The number of ether oxygens (including phenoxy) is 1. The minimum absolute atomic E-state index is 0.0745. The lowest BCUT2D eigenvalue weighted by atomic mass is 10.3. The van der Waals surface area contributed by atoms with Crippen molar-refractivity contribution >= 4 is 5.97 Å². The summed E-state index contributed by atoms with van der Waals surface area (Å²) in [6, 6.07) is 8.69. The van der Waals surface area contributed by atoms with Crippen LogP contribution >= 0.6 is 0 Å². The normalized spacial score (nSPS) is 9.42. The Bertz CT molecular complexity index is 243. The predicted octanol–water partition coefficient (Wildman–Crippen LogP) is 1.41. The van der Waals surface area contributed by atoms with Gasteiger partial charge in [0.1, 0.15) is 5.75 Å². The van der Waals surface area contributed by atoms with Crippen molar-refractivity contribution in [2.75, 3.05) is 6.61 Å². The summed E-state index contributed by atoms with van der Waals surface area (Å²) >= 11 is 0. The highest BCUT2D eigenvalue weighted by atomic mass is 16.5. The lowest BCUT2D eigenvalue weighted by Gasteiger charge is -2.00. The molecule has 3 nitrogen and oxygen atoms in total. The zero-order chi connectivity index (χ0) is 8.81. The summed E-state index contributed by atoms with van der Waals surface area (Å²) in [6.07, 6.45) is -0.0745. The molecule has 0 heterocycles. The van der Waals surface area contributed by atoms with E-state index < -0.39 is 12.6 Å². The molecule has 1 aromatic carbocycles. The van der Waals surface area contributed by atoms with E-state index >= 15 is 0 Å². The third-order valence-electron chi connectivity index (χ3n) is 1.28. The summed E-state index contributed by atoms with van der Waals surface area (Å²) < 4.78 is 4.82. The second kappa shape index (κ2) is 4.51. The third-order valence-corrected chi connectivity index (χ3v) is 1.28. The Morgan fingerprint density at radius 1 is 1.25 bits per heavy atom. The van der Waals surface area contributed by atoms with Gasteiger partial charge in [-0.1, -0.05) is 18.2 Å². The van der Waals surface area contributed by atoms with Crippen molar-refractivity contribution in [2.24, 2.45) is 0 Å². The van der Waals surface area contributed by atoms with Gasteiger partial charge in [0, 0.05) is 0 Å². The van der Waals surface area contributed by atoms with Gasteiger partial charge < -0.3 is 4.74 Å². The van der Waals surface area contributed by atoms with Gasteiger partial charge in [-0.05, 0) is 12.1 Å². The highest BCUT2D eigenvalue weighted by Gasteiger charge is 2.02. The van der Waals surface area contributed by atoms with Crippen molar-refractivity contribution in [3.05, 3.63) is 30.3 Å². The van der Waals surface area contributed by atoms with Crippen LogP contribution in [-0.2, 0) is 9.90 Å². The van der Waals surface area contributed by atoms with E-state index in [0.717, 1.165) is 0 Å². The van der Waals surface area contributed by atoms with E-state index in [1.165, 1.54) is 0 Å². The van der Waals surface area contributed by atoms with Crippen LogP contribution in [0.4, 0.5) is 0 Å². The maximum absolute atomic E-state index is 10.8. The van der Waals surface area contributed by atoms with Crippen molar-refractivity contribution in [2.45, 2.75) is 6.42 Å². The van der Waals surface area contributed by atoms with Gasteiger partial charge in [0.25, 0.3) is 0 Å². The summed E-state index contributed by atoms with van der Waals surface area (Å²) in [6.45, 7) is -0.425. The van der Waals surface area contributed by atoms with Crippen LogP contribution in [0.5, 0.6) is 5.75 Å². The average molecular weight is 165 g/mol. The van der Waals surface area contributed by atoms with Crippen LogP contribution in [0.3, 0.4) is 0 Å². The molecule has 63 valence electrons. The van der Waals surface area contributed by atoms with E-state index in [4.69, 9.17) is 4.74 Å². The Kier molecular flexibility index (Phi) is 3.29. The number of benzene rings is 1. The average Bonchev–Trinajstić information content (AvgIpc) is 2.06. The van der Waals surface area contributed by atoms with Gasteiger partial charge in [0.15, 0.2) is 0 Å². The van der Waals surface area contributed by atoms with E-state index in [0.29, 0.717) is 5.75 Å². The van der Waals surface area contributed by atoms with Gasteiger partial charge >= 0.3 is 5.97 Å². The molecule has 1 aromatic rings. The van der Waals surface area contributed by atoms with Crippen LogP contribution in [0.25, 0.3) is 0 Å². The second-order valence-electron chi connectivity index (χ2n) is 2.24. The molecule has 0 N–H and O–H groups in total. The molecule has 0 bridgehead atoms. The standard InChI is InChI=1S/C9H9O3/c10-7-6-9(11)12-8-4-2-1-3-5-8/h1-5H,6-7H2. The minimum atomic E-state index is -0.476. The molecule has 0 aliphatic carbocycles. The smallest absolute Gasteiger partial charge is 0.313 e. The van der Waals surface area contributed by atoms with Crippen LogP contribution in [0.15, 0.2) is 30.3 Å². The molecule has 0 aromatic heterocycles. The lowest BCUT2D eigenvalue weighted by molar-refractivity contribution is -0.135. The fraction of sp³-hybridized carbons (Fsp3) is 0.222. The monoisotopic (exact) mass is 165 g/mol. The van der Waals surface area contributed by atoms with Gasteiger partial charge in [-0.3, -0.25) is 4.79 Å². The first-order chi connectivity index (χ1) is 5.83. The molecule has 0 amide bonds. The molecule has 0 saturated carbocycles. The number of hydrogen-bond acceptors (Lipinski definition) is 2. The Morgan fingerprint density at radius 3 is 2.50 bits per heavy atom. The first kappa shape index (κ1) is 8.74. The van der Waals surface area contributed by atoms with E-state index in [2.05, 4.69) is 0 Å². The van der Waals surface area contributed by atoms with Crippen LogP contribution in [0.1, 0.15) is 6.42 Å². The van der Waals surface area contributed by atoms with Gasteiger partial charge in [0.05, 0.1) is 13.0 Å². The van der Waals surface area contributed by atoms with Crippen LogP contribution in [0.2, 0.25) is 0 Å². The molecule has 0 saturated heterocycles. The third kappa shape index (κ3) is 2.72. The maximum Gasteiger partial charge on any atom is 0.313 e. The molecule has 0 spiro atoms. The number of hydrogen-bond donors (Lipinski definition) is 0. The van der Waals surface area contributed by atoms with Crippen LogP contribution in [0, 0.1) is 0 Å². The lowest BCUT2D eigenvalue weighted by Crippen LogP contribution is -2.08. The fourth-order valence-corrected chi connectivity index (χ4v) is 0.754. The minimum Gasteiger partial charge on any atom is -0.426 e. The van der Waals surface area contributed by atoms with Crippen molar-refractivity contribution in [3.63, 3.8) is 0 Å². The molecule has 1 radical (unpaired) electrons. The summed E-state index contributed by atoms with van der Waals surface area (Å²) in [5, 5.41) is 10.0. The first-order valence-electron chi connectivity index (χ1n) is 3.67. The number of esters is 1. The Labute approximate surface area is 70.6 Å².